The summed E-state index contributed by atoms with van der Waals surface area (Å²) < 4.78 is 57.7. The number of nitrogens with zero attached hydrogens (tertiary/aromatic N) is 2. The minimum Gasteiger partial charge on any atom is -0.403 e. The molecule has 0 aromatic heterocycles. The molecule has 170 valence electrons. The van der Waals surface area contributed by atoms with E-state index < -0.39 is 30.4 Å². The minimum absolute atomic E-state index is 0.0106. The van der Waals surface area contributed by atoms with Crippen LogP contribution in [-0.2, 0) is 12.8 Å². The zero-order chi connectivity index (χ0) is 23.8. The number of halogens is 4. The van der Waals surface area contributed by atoms with Crippen molar-refractivity contribution >= 4 is 5.70 Å². The van der Waals surface area contributed by atoms with Crippen LogP contribution in [0.15, 0.2) is 30.5 Å². The van der Waals surface area contributed by atoms with E-state index in [2.05, 4.69) is 0 Å². The van der Waals surface area contributed by atoms with E-state index in [1.54, 1.807) is 13.0 Å². The summed E-state index contributed by atoms with van der Waals surface area (Å²) in [5.41, 5.74) is 6.82. The zero-order valence-electron chi connectivity index (χ0n) is 17.7. The number of hydrogen-bond donors (Lipinski definition) is 3. The van der Waals surface area contributed by atoms with Crippen LogP contribution in [0.1, 0.15) is 64.6 Å². The van der Waals surface area contributed by atoms with Gasteiger partial charge in [-0.25, -0.2) is 23.4 Å². The highest BCUT2D eigenvalue weighted by molar-refractivity contribution is 5.70. The molecule has 2 unspecified atom stereocenters. The monoisotopic (exact) mass is 448 g/mol. The molecule has 0 heterocycles. The third-order valence-corrected chi connectivity index (χ3v) is 5.79. The molecule has 0 amide bonds. The highest BCUT2D eigenvalue weighted by atomic mass is 19.3. The number of benzene rings is 2. The van der Waals surface area contributed by atoms with E-state index in [0.717, 1.165) is 23.3 Å². The first-order chi connectivity index (χ1) is 15.0. The van der Waals surface area contributed by atoms with Crippen LogP contribution in [0.2, 0.25) is 0 Å². The van der Waals surface area contributed by atoms with Gasteiger partial charge in [-0.2, -0.15) is 5.26 Å². The van der Waals surface area contributed by atoms with Crippen LogP contribution in [-0.4, -0.2) is 23.1 Å². The molecule has 0 saturated heterocycles. The Morgan fingerprint density at radius 1 is 1.41 bits per heavy atom. The number of alkyl halides is 3. The van der Waals surface area contributed by atoms with Crippen LogP contribution in [0, 0.1) is 17.1 Å². The second-order valence-corrected chi connectivity index (χ2v) is 7.85. The standard InChI is InChI=1S/C23H24F4N4O/c1-3-19(25)17-8-14(24)6-13(10-28)16(17)7-12-4-5-15(20(11-29)31(2)30)21-18(12)9-23(26,27)22(21)32/h4-6,8,11,19,22,32H,3,7,9,29-30H2,1-2H3/b20-11-. The highest BCUT2D eigenvalue weighted by Gasteiger charge is 2.49. The lowest BCUT2D eigenvalue weighted by atomic mass is 9.88. The predicted molar refractivity (Wildman–Crippen MR) is 112 cm³/mol. The van der Waals surface area contributed by atoms with Gasteiger partial charge in [-0.15, -0.1) is 0 Å². The van der Waals surface area contributed by atoms with Crippen molar-refractivity contribution in [2.45, 2.75) is 44.4 Å². The first-order valence-corrected chi connectivity index (χ1v) is 10.0. The van der Waals surface area contributed by atoms with Crippen LogP contribution < -0.4 is 11.6 Å². The molecule has 1 aliphatic rings. The second kappa shape index (κ2) is 8.81. The Morgan fingerprint density at radius 2 is 2.09 bits per heavy atom. The van der Waals surface area contributed by atoms with E-state index in [-0.39, 0.29) is 51.9 Å². The molecule has 0 bridgehead atoms. The molecular formula is C23H24F4N4O. The maximum absolute atomic E-state index is 14.6. The van der Waals surface area contributed by atoms with Crippen molar-refractivity contribution in [1.29, 1.82) is 5.26 Å². The molecule has 9 heteroatoms. The summed E-state index contributed by atoms with van der Waals surface area (Å²) in [5.74, 6) is 1.59. The van der Waals surface area contributed by atoms with E-state index in [1.807, 2.05) is 6.07 Å². The molecule has 1 aliphatic carbocycles. The van der Waals surface area contributed by atoms with Crippen molar-refractivity contribution in [3.63, 3.8) is 0 Å². The number of hydrazine groups is 1. The molecule has 32 heavy (non-hydrogen) atoms. The third-order valence-electron chi connectivity index (χ3n) is 5.79. The van der Waals surface area contributed by atoms with Crippen molar-refractivity contribution in [2.75, 3.05) is 7.05 Å². The molecule has 0 fully saturated rings. The Bertz CT molecular complexity index is 1110. The van der Waals surface area contributed by atoms with Crippen LogP contribution in [0.25, 0.3) is 5.70 Å². The smallest absolute Gasteiger partial charge is 0.281 e. The van der Waals surface area contributed by atoms with Gasteiger partial charge >= 0.3 is 0 Å². The van der Waals surface area contributed by atoms with Gasteiger partial charge in [-0.1, -0.05) is 19.1 Å². The summed E-state index contributed by atoms with van der Waals surface area (Å²) in [5, 5.41) is 21.0. The lowest BCUT2D eigenvalue weighted by Gasteiger charge is -2.22. The van der Waals surface area contributed by atoms with E-state index in [4.69, 9.17) is 11.6 Å². The number of nitrogens with two attached hydrogens (primary N) is 2. The molecular weight excluding hydrogens is 424 g/mol. The first-order valence-electron chi connectivity index (χ1n) is 10.0. The third kappa shape index (κ3) is 4.04. The van der Waals surface area contributed by atoms with E-state index in [0.29, 0.717) is 5.56 Å². The molecule has 5 nitrogen and oxygen atoms in total. The van der Waals surface area contributed by atoms with Gasteiger partial charge in [0.1, 0.15) is 18.1 Å². The van der Waals surface area contributed by atoms with E-state index in [1.165, 1.54) is 13.1 Å². The second-order valence-electron chi connectivity index (χ2n) is 7.85. The quantitative estimate of drug-likeness (QED) is 0.353. The molecule has 2 atom stereocenters. The summed E-state index contributed by atoms with van der Waals surface area (Å²) in [6, 6.07) is 6.96. The Labute approximate surface area is 183 Å². The summed E-state index contributed by atoms with van der Waals surface area (Å²) >= 11 is 0. The number of hydrogen-bond acceptors (Lipinski definition) is 5. The van der Waals surface area contributed by atoms with Gasteiger partial charge in [0.15, 0.2) is 0 Å². The van der Waals surface area contributed by atoms with Gasteiger partial charge in [0.2, 0.25) is 0 Å². The van der Waals surface area contributed by atoms with Crippen molar-refractivity contribution in [3.05, 3.63) is 75.2 Å². The topological polar surface area (TPSA) is 99.3 Å². The van der Waals surface area contributed by atoms with Crippen LogP contribution in [0.5, 0.6) is 0 Å². The normalized spacial score (nSPS) is 18.2. The maximum Gasteiger partial charge on any atom is 0.281 e. The molecule has 0 aliphatic heterocycles. The maximum atomic E-state index is 14.6. The van der Waals surface area contributed by atoms with Gasteiger partial charge in [0.25, 0.3) is 5.92 Å². The molecule has 3 rings (SSSR count). The fourth-order valence-corrected chi connectivity index (χ4v) is 4.21. The summed E-state index contributed by atoms with van der Waals surface area (Å²) in [6.45, 7) is 1.58. The summed E-state index contributed by atoms with van der Waals surface area (Å²) in [6.07, 6.45) is -3.23. The zero-order valence-corrected chi connectivity index (χ0v) is 17.7. The van der Waals surface area contributed by atoms with Gasteiger partial charge < -0.3 is 15.8 Å². The first kappa shape index (κ1) is 23.6. The lowest BCUT2D eigenvalue weighted by molar-refractivity contribution is -0.0969. The van der Waals surface area contributed by atoms with Crippen LogP contribution in [0.4, 0.5) is 17.6 Å². The van der Waals surface area contributed by atoms with Crippen LogP contribution >= 0.6 is 0 Å². The molecule has 0 spiro atoms. The van der Waals surface area contributed by atoms with Gasteiger partial charge in [0.05, 0.1) is 17.3 Å². The molecule has 0 saturated carbocycles. The lowest BCUT2D eigenvalue weighted by Crippen LogP contribution is -2.27. The minimum atomic E-state index is -3.43. The van der Waals surface area contributed by atoms with Crippen molar-refractivity contribution in [3.8, 4) is 6.07 Å². The SMILES string of the molecule is CCC(F)c1cc(F)cc(C#N)c1Cc1ccc(/C(=C/N)N(C)N)c2c1CC(F)(F)C2O. The number of aliphatic hydroxyl groups is 1. The van der Waals surface area contributed by atoms with E-state index in [9.17, 15) is 27.9 Å². The predicted octanol–water partition coefficient (Wildman–Crippen LogP) is 4.00. The molecule has 0 radical (unpaired) electrons. The summed E-state index contributed by atoms with van der Waals surface area (Å²) in [7, 11) is 1.48. The number of rotatable bonds is 6. The Kier molecular flexibility index (Phi) is 6.49. The van der Waals surface area contributed by atoms with E-state index >= 15 is 0 Å². The number of nitriles is 1. The van der Waals surface area contributed by atoms with Gasteiger partial charge in [-0.05, 0) is 52.8 Å². The van der Waals surface area contributed by atoms with Crippen molar-refractivity contribution in [2.24, 2.45) is 11.6 Å². The highest BCUT2D eigenvalue weighted by Crippen LogP contribution is 2.48. The fourth-order valence-electron chi connectivity index (χ4n) is 4.21. The van der Waals surface area contributed by atoms with Gasteiger partial charge in [0, 0.05) is 25.2 Å². The Balaban J connectivity index is 2.22. The molecule has 2 aromatic carbocycles. The Morgan fingerprint density at radius 3 is 2.66 bits per heavy atom. The molecule has 2 aromatic rings. The average molecular weight is 448 g/mol. The average Bonchev–Trinajstić information content (AvgIpc) is 2.99. The Hall–Kier alpha value is -3.09. The largest absolute Gasteiger partial charge is 0.403 e. The van der Waals surface area contributed by atoms with Crippen LogP contribution in [0.3, 0.4) is 0 Å². The summed E-state index contributed by atoms with van der Waals surface area (Å²) in [4.78, 5) is 0. The molecule has 5 N–H and O–H groups in total. The number of aliphatic hydroxyl groups excluding tert-OH is 1. The van der Waals surface area contributed by atoms with Gasteiger partial charge in [-0.3, -0.25) is 0 Å². The van der Waals surface area contributed by atoms with Crippen molar-refractivity contribution in [1.82, 2.24) is 5.01 Å². The van der Waals surface area contributed by atoms with Crippen molar-refractivity contribution < 1.29 is 22.7 Å². The number of fused-ring (bicyclic) bond motifs is 1. The fraction of sp³-hybridized carbons (Fsp3) is 0.348.